The van der Waals surface area contributed by atoms with Gasteiger partial charge in [0.1, 0.15) is 12.4 Å². The van der Waals surface area contributed by atoms with Gasteiger partial charge in [-0.05, 0) is 59.2 Å². The molecule has 31 heavy (non-hydrogen) atoms. The summed E-state index contributed by atoms with van der Waals surface area (Å²) in [6, 6.07) is 10.6. The number of rotatable bonds is 10. The lowest BCUT2D eigenvalue weighted by Gasteiger charge is -2.26. The van der Waals surface area contributed by atoms with Gasteiger partial charge >= 0.3 is 0 Å². The maximum Gasteiger partial charge on any atom is 0.175 e. The smallest absolute Gasteiger partial charge is 0.175 e. The van der Waals surface area contributed by atoms with Crippen LogP contribution in [0.4, 0.5) is 4.39 Å². The first-order valence-electron chi connectivity index (χ1n) is 9.91. The second-order valence-corrected chi connectivity index (χ2v) is 7.83. The highest BCUT2D eigenvalue weighted by molar-refractivity contribution is 9.10. The van der Waals surface area contributed by atoms with Gasteiger partial charge in [0, 0.05) is 25.2 Å². The molecule has 3 rings (SSSR count). The Bertz CT molecular complexity index is 795. The fourth-order valence-electron chi connectivity index (χ4n) is 3.27. The molecule has 0 aliphatic carbocycles. The van der Waals surface area contributed by atoms with Crippen molar-refractivity contribution in [3.8, 4) is 11.5 Å². The van der Waals surface area contributed by atoms with Crippen molar-refractivity contribution in [2.24, 2.45) is 0 Å². The molecular weight excluding hydrogens is 510 g/mol. The van der Waals surface area contributed by atoms with Crippen LogP contribution in [0.5, 0.6) is 11.5 Å². The molecule has 0 amide bonds. The van der Waals surface area contributed by atoms with Gasteiger partial charge in [-0.1, -0.05) is 18.2 Å². The number of hydrogen-bond donors (Lipinski definition) is 1. The third kappa shape index (κ3) is 8.75. The molecule has 0 aromatic heterocycles. The first-order chi connectivity index (χ1) is 14.2. The number of benzene rings is 2. The van der Waals surface area contributed by atoms with E-state index in [0.29, 0.717) is 17.1 Å². The van der Waals surface area contributed by atoms with Gasteiger partial charge < -0.3 is 19.5 Å². The summed E-state index contributed by atoms with van der Waals surface area (Å²) in [6.07, 6.45) is 1.10. The Morgan fingerprint density at radius 3 is 2.61 bits per heavy atom. The predicted molar refractivity (Wildman–Crippen MR) is 130 cm³/mol. The first-order valence-corrected chi connectivity index (χ1v) is 10.7. The minimum Gasteiger partial charge on any atom is -0.493 e. The van der Waals surface area contributed by atoms with Gasteiger partial charge in [-0.15, -0.1) is 24.8 Å². The zero-order valence-electron chi connectivity index (χ0n) is 17.6. The fraction of sp³-hybridized carbons (Fsp3) is 0.455. The molecule has 1 fully saturated rings. The molecule has 0 spiro atoms. The van der Waals surface area contributed by atoms with Crippen LogP contribution in [-0.4, -0.2) is 51.4 Å². The Kier molecular flexibility index (Phi) is 13.4. The molecule has 1 N–H and O–H groups in total. The summed E-state index contributed by atoms with van der Waals surface area (Å²) in [7, 11) is 1.61. The lowest BCUT2D eigenvalue weighted by molar-refractivity contribution is 0.0374. The standard InChI is InChI=1S/C22H28BrFN2O3.2ClH/c1-27-21-14-17(15-25-7-4-8-26-9-11-28-12-10-26)13-19(23)22(21)29-16-18-5-2-3-6-20(18)24;;/h2-3,5-6,13-14,25H,4,7-12,15-16H2,1H3;2*1H. The van der Waals surface area contributed by atoms with Crippen LogP contribution < -0.4 is 14.8 Å². The van der Waals surface area contributed by atoms with Crippen LogP contribution in [0.2, 0.25) is 0 Å². The molecular formula is C22H30BrCl2FN2O3. The van der Waals surface area contributed by atoms with E-state index in [1.165, 1.54) is 6.07 Å². The molecule has 5 nitrogen and oxygen atoms in total. The number of nitrogens with one attached hydrogen (secondary N) is 1. The third-order valence-electron chi connectivity index (χ3n) is 4.88. The molecule has 1 aliphatic rings. The number of morpholine rings is 1. The summed E-state index contributed by atoms with van der Waals surface area (Å²) in [4.78, 5) is 2.44. The molecule has 1 heterocycles. The molecule has 0 unspecified atom stereocenters. The van der Waals surface area contributed by atoms with Crippen LogP contribution in [0.25, 0.3) is 0 Å². The largest absolute Gasteiger partial charge is 0.493 e. The van der Waals surface area contributed by atoms with Crippen molar-refractivity contribution in [1.29, 1.82) is 0 Å². The zero-order chi connectivity index (χ0) is 20.5. The number of ether oxygens (including phenoxy) is 3. The van der Waals surface area contributed by atoms with Crippen LogP contribution in [-0.2, 0) is 17.9 Å². The first kappa shape index (κ1) is 27.9. The predicted octanol–water partition coefficient (Wildman–Crippen LogP) is 4.83. The van der Waals surface area contributed by atoms with E-state index in [2.05, 4.69) is 26.1 Å². The van der Waals surface area contributed by atoms with Crippen LogP contribution >= 0.6 is 40.7 Å². The molecule has 9 heteroatoms. The number of nitrogens with zero attached hydrogens (tertiary/aromatic N) is 1. The van der Waals surface area contributed by atoms with Gasteiger partial charge in [0.2, 0.25) is 0 Å². The van der Waals surface area contributed by atoms with Gasteiger partial charge in [0.25, 0.3) is 0 Å². The lowest BCUT2D eigenvalue weighted by Crippen LogP contribution is -2.37. The summed E-state index contributed by atoms with van der Waals surface area (Å²) in [5.74, 6) is 0.924. The maximum absolute atomic E-state index is 13.8. The summed E-state index contributed by atoms with van der Waals surface area (Å²) in [5, 5.41) is 3.48. The third-order valence-corrected chi connectivity index (χ3v) is 5.47. The second kappa shape index (κ2) is 14.9. The Morgan fingerprint density at radius 2 is 1.90 bits per heavy atom. The van der Waals surface area contributed by atoms with E-state index in [-0.39, 0.29) is 37.2 Å². The number of hydrogen-bond acceptors (Lipinski definition) is 5. The monoisotopic (exact) mass is 538 g/mol. The molecule has 2 aromatic rings. The summed E-state index contributed by atoms with van der Waals surface area (Å²) >= 11 is 3.56. The fourth-order valence-corrected chi connectivity index (χ4v) is 3.87. The quantitative estimate of drug-likeness (QED) is 0.438. The Morgan fingerprint density at radius 1 is 1.16 bits per heavy atom. The van der Waals surface area contributed by atoms with Crippen molar-refractivity contribution in [2.75, 3.05) is 46.5 Å². The molecule has 0 radical (unpaired) electrons. The van der Waals surface area contributed by atoms with E-state index >= 15 is 0 Å². The minimum absolute atomic E-state index is 0. The van der Waals surface area contributed by atoms with E-state index in [1.807, 2.05) is 12.1 Å². The molecule has 1 aliphatic heterocycles. The van der Waals surface area contributed by atoms with E-state index in [0.717, 1.165) is 62.4 Å². The van der Waals surface area contributed by atoms with Crippen molar-refractivity contribution < 1.29 is 18.6 Å². The SMILES string of the molecule is COc1cc(CNCCCN2CCOCC2)cc(Br)c1OCc1ccccc1F.Cl.Cl. The van der Waals surface area contributed by atoms with Crippen molar-refractivity contribution in [3.63, 3.8) is 0 Å². The van der Waals surface area contributed by atoms with Crippen LogP contribution in [0.1, 0.15) is 17.5 Å². The Hall–Kier alpha value is -1.09. The second-order valence-electron chi connectivity index (χ2n) is 6.97. The number of methoxy groups -OCH3 is 1. The van der Waals surface area contributed by atoms with E-state index in [4.69, 9.17) is 14.2 Å². The van der Waals surface area contributed by atoms with Gasteiger partial charge in [-0.2, -0.15) is 0 Å². The number of halogens is 4. The van der Waals surface area contributed by atoms with Crippen LogP contribution in [0.3, 0.4) is 0 Å². The highest BCUT2D eigenvalue weighted by Crippen LogP contribution is 2.37. The van der Waals surface area contributed by atoms with Crippen molar-refractivity contribution in [3.05, 3.63) is 57.8 Å². The van der Waals surface area contributed by atoms with Crippen LogP contribution in [0.15, 0.2) is 40.9 Å². The van der Waals surface area contributed by atoms with Crippen molar-refractivity contribution in [1.82, 2.24) is 10.2 Å². The van der Waals surface area contributed by atoms with Gasteiger partial charge in [-0.3, -0.25) is 4.90 Å². The highest BCUT2D eigenvalue weighted by Gasteiger charge is 2.13. The van der Waals surface area contributed by atoms with E-state index in [9.17, 15) is 4.39 Å². The maximum atomic E-state index is 13.8. The summed E-state index contributed by atoms with van der Waals surface area (Å²) in [6.45, 7) is 6.65. The Labute approximate surface area is 204 Å². The van der Waals surface area contributed by atoms with E-state index in [1.54, 1.807) is 25.3 Å². The van der Waals surface area contributed by atoms with Gasteiger partial charge in [-0.25, -0.2) is 4.39 Å². The average Bonchev–Trinajstić information content (AvgIpc) is 2.74. The van der Waals surface area contributed by atoms with Crippen molar-refractivity contribution in [2.45, 2.75) is 19.6 Å². The Balaban J connectivity index is 0.00000240. The average molecular weight is 540 g/mol. The molecule has 174 valence electrons. The van der Waals surface area contributed by atoms with Crippen molar-refractivity contribution >= 4 is 40.7 Å². The lowest BCUT2D eigenvalue weighted by atomic mass is 10.2. The molecule has 0 atom stereocenters. The molecule has 1 saturated heterocycles. The minimum atomic E-state index is -0.277. The topological polar surface area (TPSA) is 43.0 Å². The van der Waals surface area contributed by atoms with Gasteiger partial charge in [0.15, 0.2) is 11.5 Å². The zero-order valence-corrected chi connectivity index (χ0v) is 20.8. The van der Waals surface area contributed by atoms with E-state index < -0.39 is 0 Å². The normalized spacial score (nSPS) is 13.8. The van der Waals surface area contributed by atoms with Crippen LogP contribution in [0, 0.1) is 5.82 Å². The molecule has 2 aromatic carbocycles. The summed E-state index contributed by atoms with van der Waals surface area (Å²) < 4.78 is 31.3. The summed E-state index contributed by atoms with van der Waals surface area (Å²) in [5.41, 5.74) is 1.60. The van der Waals surface area contributed by atoms with Gasteiger partial charge in [0.05, 0.1) is 24.8 Å². The highest BCUT2D eigenvalue weighted by atomic mass is 79.9. The molecule has 0 bridgehead atoms. The molecule has 0 saturated carbocycles.